The second-order valence-electron chi connectivity index (χ2n) is 4.23. The maximum absolute atomic E-state index is 12.1. The highest BCUT2D eigenvalue weighted by Gasteiger charge is 2.11. The third-order valence-electron chi connectivity index (χ3n) is 2.85. The highest BCUT2D eigenvalue weighted by molar-refractivity contribution is 7.09. The predicted octanol–water partition coefficient (Wildman–Crippen LogP) is 1.60. The van der Waals surface area contributed by atoms with E-state index in [1.54, 1.807) is 4.40 Å². The van der Waals surface area contributed by atoms with Gasteiger partial charge >= 0.3 is 0 Å². The number of hydrogen-bond acceptors (Lipinski definition) is 3. The first-order valence-electron chi connectivity index (χ1n) is 5.76. The highest BCUT2D eigenvalue weighted by atomic mass is 32.1. The third kappa shape index (κ3) is 1.80. The molecule has 0 aliphatic rings. The normalized spacial score (nSPS) is 12.4. The molecule has 1 aromatic carbocycles. The van der Waals surface area contributed by atoms with E-state index in [4.69, 9.17) is 0 Å². The molecule has 3 rings (SSSR count). The molecule has 0 radical (unpaired) electrons. The van der Waals surface area contributed by atoms with Crippen molar-refractivity contribution < 1.29 is 4.79 Å². The summed E-state index contributed by atoms with van der Waals surface area (Å²) >= 11 is 1.34. The number of nitrogens with one attached hydrogen (secondary N) is 1. The van der Waals surface area contributed by atoms with E-state index < -0.39 is 0 Å². The van der Waals surface area contributed by atoms with Crippen LogP contribution in [0, 0.1) is 6.92 Å². The summed E-state index contributed by atoms with van der Waals surface area (Å²) in [7, 11) is 0. The number of para-hydroxylation sites is 2. The SMILES string of the molecule is CC(=O)N=c1sc(C)c2c(=O)[nH]c3ccccc3n12. The van der Waals surface area contributed by atoms with E-state index in [-0.39, 0.29) is 11.5 Å². The molecule has 0 bridgehead atoms. The highest BCUT2D eigenvalue weighted by Crippen LogP contribution is 2.15. The Hall–Kier alpha value is -2.21. The minimum Gasteiger partial charge on any atom is -0.319 e. The fourth-order valence-corrected chi connectivity index (χ4v) is 3.14. The molecule has 2 aromatic heterocycles. The Bertz CT molecular complexity index is 930. The zero-order valence-corrected chi connectivity index (χ0v) is 11.2. The number of H-pyrrole nitrogens is 1. The number of carbonyl (C=O) groups is 1. The Labute approximate surface area is 111 Å². The molecule has 0 saturated carbocycles. The van der Waals surface area contributed by atoms with Crippen molar-refractivity contribution >= 4 is 33.8 Å². The van der Waals surface area contributed by atoms with Gasteiger partial charge in [-0.3, -0.25) is 14.0 Å². The zero-order chi connectivity index (χ0) is 13.6. The number of aromatic nitrogens is 2. The Balaban J connectivity index is 2.69. The third-order valence-corrected chi connectivity index (χ3v) is 3.81. The average Bonchev–Trinajstić information content (AvgIpc) is 2.66. The molecule has 6 heteroatoms. The molecular formula is C13H11N3O2S. The van der Waals surface area contributed by atoms with Gasteiger partial charge in [0.2, 0.25) is 5.91 Å². The number of rotatable bonds is 0. The van der Waals surface area contributed by atoms with Crippen LogP contribution in [-0.4, -0.2) is 15.3 Å². The van der Waals surface area contributed by atoms with Gasteiger partial charge in [-0.05, 0) is 19.1 Å². The van der Waals surface area contributed by atoms with Crippen molar-refractivity contribution in [2.45, 2.75) is 13.8 Å². The maximum atomic E-state index is 12.1. The molecule has 0 unspecified atom stereocenters. The minimum atomic E-state index is -0.278. The van der Waals surface area contributed by atoms with Crippen molar-refractivity contribution in [1.29, 1.82) is 0 Å². The monoisotopic (exact) mass is 273 g/mol. The number of thiazole rings is 1. The molecule has 0 fully saturated rings. The fraction of sp³-hybridized carbons (Fsp3) is 0.154. The number of aryl methyl sites for hydroxylation is 1. The van der Waals surface area contributed by atoms with Crippen LogP contribution in [0.4, 0.5) is 0 Å². The van der Waals surface area contributed by atoms with Crippen LogP contribution in [0.25, 0.3) is 16.6 Å². The average molecular weight is 273 g/mol. The van der Waals surface area contributed by atoms with E-state index in [1.807, 2.05) is 31.2 Å². The molecule has 0 atom stereocenters. The van der Waals surface area contributed by atoms with Gasteiger partial charge in [0.15, 0.2) is 4.80 Å². The van der Waals surface area contributed by atoms with Crippen LogP contribution in [0.2, 0.25) is 0 Å². The number of nitrogens with zero attached hydrogens (tertiary/aromatic N) is 2. The second kappa shape index (κ2) is 4.17. The number of aromatic amines is 1. The fourth-order valence-electron chi connectivity index (χ4n) is 2.13. The molecule has 1 N–H and O–H groups in total. The minimum absolute atomic E-state index is 0.169. The summed E-state index contributed by atoms with van der Waals surface area (Å²) in [4.78, 5) is 31.5. The molecule has 96 valence electrons. The Morgan fingerprint density at radius 2 is 2.11 bits per heavy atom. The number of carbonyl (C=O) groups excluding carboxylic acids is 1. The lowest BCUT2D eigenvalue weighted by Crippen LogP contribution is -2.17. The van der Waals surface area contributed by atoms with Crippen molar-refractivity contribution in [3.05, 3.63) is 44.3 Å². The molecule has 1 amide bonds. The second-order valence-corrected chi connectivity index (χ2v) is 5.41. The van der Waals surface area contributed by atoms with Crippen molar-refractivity contribution in [3.63, 3.8) is 0 Å². The van der Waals surface area contributed by atoms with Crippen LogP contribution in [-0.2, 0) is 4.79 Å². The van der Waals surface area contributed by atoms with Crippen LogP contribution in [0.15, 0.2) is 34.1 Å². The Kier molecular flexibility index (Phi) is 2.60. The lowest BCUT2D eigenvalue weighted by Gasteiger charge is -2.01. The van der Waals surface area contributed by atoms with E-state index in [1.165, 1.54) is 18.3 Å². The van der Waals surface area contributed by atoms with E-state index in [0.717, 1.165) is 15.9 Å². The smallest absolute Gasteiger partial charge is 0.273 e. The summed E-state index contributed by atoms with van der Waals surface area (Å²) in [5, 5.41) is 0. The summed E-state index contributed by atoms with van der Waals surface area (Å²) in [6.45, 7) is 3.25. The van der Waals surface area contributed by atoms with Gasteiger partial charge in [-0.1, -0.05) is 12.1 Å². The van der Waals surface area contributed by atoms with Gasteiger partial charge in [-0.2, -0.15) is 4.99 Å². The number of amides is 1. The maximum Gasteiger partial charge on any atom is 0.273 e. The first-order chi connectivity index (χ1) is 9.08. The summed E-state index contributed by atoms with van der Waals surface area (Å²) in [6, 6.07) is 7.46. The number of benzene rings is 1. The van der Waals surface area contributed by atoms with E-state index in [9.17, 15) is 9.59 Å². The van der Waals surface area contributed by atoms with Gasteiger partial charge < -0.3 is 4.98 Å². The predicted molar refractivity (Wildman–Crippen MR) is 74.4 cm³/mol. The molecular weight excluding hydrogens is 262 g/mol. The number of hydrogen-bond donors (Lipinski definition) is 1. The van der Waals surface area contributed by atoms with Crippen LogP contribution in [0.5, 0.6) is 0 Å². The molecule has 0 aliphatic heterocycles. The molecule has 3 aromatic rings. The summed E-state index contributed by atoms with van der Waals surface area (Å²) in [5.41, 5.74) is 1.94. The quantitative estimate of drug-likeness (QED) is 0.676. The van der Waals surface area contributed by atoms with Crippen LogP contribution >= 0.6 is 11.3 Å². The summed E-state index contributed by atoms with van der Waals surface area (Å²) in [5.74, 6) is -0.278. The van der Waals surface area contributed by atoms with Gasteiger partial charge in [0.05, 0.1) is 11.0 Å². The Morgan fingerprint density at radius 1 is 1.37 bits per heavy atom. The summed E-state index contributed by atoms with van der Waals surface area (Å²) in [6.07, 6.45) is 0. The van der Waals surface area contributed by atoms with Crippen molar-refractivity contribution in [1.82, 2.24) is 9.38 Å². The van der Waals surface area contributed by atoms with Crippen molar-refractivity contribution in [3.8, 4) is 0 Å². The van der Waals surface area contributed by atoms with E-state index in [2.05, 4.69) is 9.98 Å². The van der Waals surface area contributed by atoms with Crippen LogP contribution in [0.1, 0.15) is 11.8 Å². The van der Waals surface area contributed by atoms with Gasteiger partial charge in [-0.15, -0.1) is 11.3 Å². The standard InChI is InChI=1S/C13H11N3O2S/c1-7-11-12(18)15-9-5-3-4-6-10(9)16(11)13(19-7)14-8(2)17/h3-6H,1-2H3,(H,15,18). The van der Waals surface area contributed by atoms with Crippen LogP contribution in [0.3, 0.4) is 0 Å². The van der Waals surface area contributed by atoms with Gasteiger partial charge in [0, 0.05) is 11.8 Å². The van der Waals surface area contributed by atoms with Crippen molar-refractivity contribution in [2.24, 2.45) is 4.99 Å². The zero-order valence-electron chi connectivity index (χ0n) is 10.4. The lowest BCUT2D eigenvalue weighted by molar-refractivity contribution is -0.116. The molecule has 0 spiro atoms. The topological polar surface area (TPSA) is 66.7 Å². The molecule has 0 saturated heterocycles. The van der Waals surface area contributed by atoms with Crippen LogP contribution < -0.4 is 10.4 Å². The van der Waals surface area contributed by atoms with E-state index in [0.29, 0.717) is 10.3 Å². The summed E-state index contributed by atoms with van der Waals surface area (Å²) < 4.78 is 1.75. The molecule has 5 nitrogen and oxygen atoms in total. The van der Waals surface area contributed by atoms with Gasteiger partial charge in [-0.25, -0.2) is 0 Å². The van der Waals surface area contributed by atoms with Crippen molar-refractivity contribution in [2.75, 3.05) is 0 Å². The number of fused-ring (bicyclic) bond motifs is 3. The first kappa shape index (κ1) is 11.9. The molecule has 0 aliphatic carbocycles. The molecule has 2 heterocycles. The van der Waals surface area contributed by atoms with Gasteiger partial charge in [0.25, 0.3) is 5.56 Å². The first-order valence-corrected chi connectivity index (χ1v) is 6.58. The van der Waals surface area contributed by atoms with Gasteiger partial charge in [0.1, 0.15) is 5.52 Å². The molecule has 19 heavy (non-hydrogen) atoms. The largest absolute Gasteiger partial charge is 0.319 e. The van der Waals surface area contributed by atoms with E-state index >= 15 is 0 Å². The Morgan fingerprint density at radius 3 is 2.84 bits per heavy atom. The lowest BCUT2D eigenvalue weighted by atomic mass is 10.3.